The molecule has 0 fully saturated rings. The summed E-state index contributed by atoms with van der Waals surface area (Å²) in [4.78, 5) is 0. The number of alkyl halides is 3. The summed E-state index contributed by atoms with van der Waals surface area (Å²) >= 11 is 11.7. The van der Waals surface area contributed by atoms with Crippen molar-refractivity contribution in [3.05, 3.63) is 33.8 Å². The van der Waals surface area contributed by atoms with Crippen molar-refractivity contribution in [2.45, 2.75) is 25.2 Å². The van der Waals surface area contributed by atoms with Crippen LogP contribution in [0, 0.1) is 0 Å². The number of hydrogen-bond donors (Lipinski definition) is 2. The van der Waals surface area contributed by atoms with Crippen LogP contribution in [0.2, 0.25) is 10.0 Å². The van der Waals surface area contributed by atoms with Crippen LogP contribution < -0.4 is 5.32 Å². The molecule has 0 spiro atoms. The fraction of sp³-hybridized carbons (Fsp3) is 0.455. The smallest absolute Gasteiger partial charge is 0.382 e. The highest BCUT2D eigenvalue weighted by Crippen LogP contribution is 2.26. The summed E-state index contributed by atoms with van der Waals surface area (Å²) < 4.78 is 36.3. The molecule has 1 rings (SSSR count). The van der Waals surface area contributed by atoms with Gasteiger partial charge in [0.15, 0.2) is 6.10 Å². The number of aliphatic hydroxyl groups is 1. The number of halogens is 5. The van der Waals surface area contributed by atoms with Crippen molar-refractivity contribution < 1.29 is 18.3 Å². The molecular formula is C11H12Cl2F3NO. The zero-order chi connectivity index (χ0) is 13.9. The van der Waals surface area contributed by atoms with E-state index in [0.717, 1.165) is 0 Å². The molecule has 0 amide bonds. The predicted molar refractivity (Wildman–Crippen MR) is 64.9 cm³/mol. The summed E-state index contributed by atoms with van der Waals surface area (Å²) in [6.07, 6.45) is -7.04. The first-order valence-corrected chi connectivity index (χ1v) is 5.90. The number of aliphatic hydroxyl groups excluding tert-OH is 1. The third-order valence-electron chi connectivity index (χ3n) is 2.42. The standard InChI is InChI=1S/C11H12Cl2F3NO/c1-6(17-5-10(18)11(14,15)16)8-4-7(12)2-3-9(8)13/h2-4,6,10,17-18H,5H2,1H3. The molecule has 0 aliphatic heterocycles. The Balaban J connectivity index is 2.66. The Morgan fingerprint density at radius 1 is 1.33 bits per heavy atom. The first kappa shape index (κ1) is 15.6. The van der Waals surface area contributed by atoms with Crippen LogP contribution in [0.25, 0.3) is 0 Å². The largest absolute Gasteiger partial charge is 0.415 e. The molecule has 0 aliphatic carbocycles. The SMILES string of the molecule is CC(NCC(O)C(F)(F)F)c1cc(Cl)ccc1Cl. The molecule has 102 valence electrons. The van der Waals surface area contributed by atoms with Gasteiger partial charge in [-0.3, -0.25) is 0 Å². The van der Waals surface area contributed by atoms with E-state index in [1.165, 1.54) is 0 Å². The summed E-state index contributed by atoms with van der Waals surface area (Å²) in [5.74, 6) is 0. The van der Waals surface area contributed by atoms with Gasteiger partial charge in [-0.1, -0.05) is 23.2 Å². The van der Waals surface area contributed by atoms with Gasteiger partial charge in [-0.25, -0.2) is 0 Å². The van der Waals surface area contributed by atoms with Crippen molar-refractivity contribution >= 4 is 23.2 Å². The number of rotatable bonds is 4. The second-order valence-electron chi connectivity index (χ2n) is 3.85. The van der Waals surface area contributed by atoms with Crippen molar-refractivity contribution in [3.63, 3.8) is 0 Å². The molecular weight excluding hydrogens is 290 g/mol. The average molecular weight is 302 g/mol. The summed E-state index contributed by atoms with van der Waals surface area (Å²) in [5, 5.41) is 12.3. The molecule has 1 aromatic rings. The van der Waals surface area contributed by atoms with E-state index in [1.807, 2.05) is 0 Å². The lowest BCUT2D eigenvalue weighted by Crippen LogP contribution is -2.39. The van der Waals surface area contributed by atoms with Crippen molar-refractivity contribution in [2.75, 3.05) is 6.54 Å². The Morgan fingerprint density at radius 3 is 2.50 bits per heavy atom. The lowest BCUT2D eigenvalue weighted by molar-refractivity contribution is -0.202. The molecule has 0 aliphatic rings. The Morgan fingerprint density at radius 2 is 1.94 bits per heavy atom. The van der Waals surface area contributed by atoms with Crippen molar-refractivity contribution in [2.24, 2.45) is 0 Å². The van der Waals surface area contributed by atoms with Crippen LogP contribution in [0.4, 0.5) is 13.2 Å². The van der Waals surface area contributed by atoms with Gasteiger partial charge < -0.3 is 10.4 Å². The molecule has 1 aromatic carbocycles. The van der Waals surface area contributed by atoms with Crippen LogP contribution >= 0.6 is 23.2 Å². The maximum absolute atomic E-state index is 12.1. The maximum Gasteiger partial charge on any atom is 0.415 e. The molecule has 0 bridgehead atoms. The minimum atomic E-state index is -4.63. The Hall–Kier alpha value is -0.490. The predicted octanol–water partition coefficient (Wildman–Crippen LogP) is 3.57. The van der Waals surface area contributed by atoms with E-state index in [-0.39, 0.29) is 0 Å². The third-order valence-corrected chi connectivity index (χ3v) is 3.00. The summed E-state index contributed by atoms with van der Waals surface area (Å²) in [6.45, 7) is 1.04. The molecule has 0 radical (unpaired) electrons. The van der Waals surface area contributed by atoms with Gasteiger partial charge in [0.2, 0.25) is 0 Å². The van der Waals surface area contributed by atoms with Gasteiger partial charge in [-0.15, -0.1) is 0 Å². The van der Waals surface area contributed by atoms with E-state index in [1.54, 1.807) is 25.1 Å². The van der Waals surface area contributed by atoms with Crippen LogP contribution in [0.15, 0.2) is 18.2 Å². The quantitative estimate of drug-likeness (QED) is 0.891. The molecule has 2 atom stereocenters. The average Bonchev–Trinajstić information content (AvgIpc) is 2.27. The molecule has 0 saturated carbocycles. The molecule has 18 heavy (non-hydrogen) atoms. The normalized spacial score (nSPS) is 15.5. The minimum Gasteiger partial charge on any atom is -0.382 e. The molecule has 2 unspecified atom stereocenters. The minimum absolute atomic E-state index is 0.404. The van der Waals surface area contributed by atoms with Crippen LogP contribution in [0.5, 0.6) is 0 Å². The number of benzene rings is 1. The topological polar surface area (TPSA) is 32.3 Å². The van der Waals surface area contributed by atoms with Gasteiger partial charge >= 0.3 is 6.18 Å². The highest BCUT2D eigenvalue weighted by Gasteiger charge is 2.38. The second-order valence-corrected chi connectivity index (χ2v) is 4.70. The Labute approximate surface area is 113 Å². The lowest BCUT2D eigenvalue weighted by Gasteiger charge is -2.20. The number of nitrogens with one attached hydrogen (secondary N) is 1. The van der Waals surface area contributed by atoms with E-state index in [4.69, 9.17) is 28.3 Å². The molecule has 7 heteroatoms. The van der Waals surface area contributed by atoms with Crippen molar-refractivity contribution in [3.8, 4) is 0 Å². The van der Waals surface area contributed by atoms with Crippen LogP contribution in [-0.2, 0) is 0 Å². The lowest BCUT2D eigenvalue weighted by atomic mass is 10.1. The van der Waals surface area contributed by atoms with Gasteiger partial charge in [0.25, 0.3) is 0 Å². The Kier molecular flexibility index (Phi) is 5.28. The summed E-state index contributed by atoms with van der Waals surface area (Å²) in [6, 6.07) is 4.28. The van der Waals surface area contributed by atoms with Gasteiger partial charge in [0.1, 0.15) is 0 Å². The third kappa shape index (κ3) is 4.31. The maximum atomic E-state index is 12.1. The fourth-order valence-electron chi connectivity index (χ4n) is 1.36. The first-order valence-electron chi connectivity index (χ1n) is 5.15. The van der Waals surface area contributed by atoms with E-state index < -0.39 is 24.9 Å². The van der Waals surface area contributed by atoms with Crippen LogP contribution in [0.1, 0.15) is 18.5 Å². The van der Waals surface area contributed by atoms with Gasteiger partial charge in [-0.2, -0.15) is 13.2 Å². The van der Waals surface area contributed by atoms with Crippen molar-refractivity contribution in [1.29, 1.82) is 0 Å². The zero-order valence-corrected chi connectivity index (χ0v) is 10.9. The fourth-order valence-corrected chi connectivity index (χ4v) is 1.82. The number of hydrogen-bond acceptors (Lipinski definition) is 2. The zero-order valence-electron chi connectivity index (χ0n) is 9.43. The van der Waals surface area contributed by atoms with Crippen molar-refractivity contribution in [1.82, 2.24) is 5.32 Å². The van der Waals surface area contributed by atoms with Crippen LogP contribution in [0.3, 0.4) is 0 Å². The van der Waals surface area contributed by atoms with E-state index in [2.05, 4.69) is 5.32 Å². The molecule has 0 heterocycles. The van der Waals surface area contributed by atoms with Gasteiger partial charge in [0, 0.05) is 22.6 Å². The first-order chi connectivity index (χ1) is 8.21. The monoisotopic (exact) mass is 301 g/mol. The van der Waals surface area contributed by atoms with Gasteiger partial charge in [0.05, 0.1) is 0 Å². The highest BCUT2D eigenvalue weighted by atomic mass is 35.5. The summed E-state index contributed by atoms with van der Waals surface area (Å²) in [5.41, 5.74) is 0.582. The summed E-state index contributed by atoms with van der Waals surface area (Å²) in [7, 11) is 0. The van der Waals surface area contributed by atoms with E-state index in [0.29, 0.717) is 15.6 Å². The second kappa shape index (κ2) is 6.10. The molecule has 2 N–H and O–H groups in total. The van der Waals surface area contributed by atoms with E-state index in [9.17, 15) is 13.2 Å². The van der Waals surface area contributed by atoms with Crippen LogP contribution in [-0.4, -0.2) is 23.9 Å². The highest BCUT2D eigenvalue weighted by molar-refractivity contribution is 6.33. The Bertz CT molecular complexity index is 412. The molecule has 0 aromatic heterocycles. The molecule has 0 saturated heterocycles. The van der Waals surface area contributed by atoms with Gasteiger partial charge in [-0.05, 0) is 30.7 Å². The van der Waals surface area contributed by atoms with E-state index >= 15 is 0 Å². The molecule has 2 nitrogen and oxygen atoms in total.